The van der Waals surface area contributed by atoms with Crippen LogP contribution in [-0.2, 0) is 9.53 Å². The Balaban J connectivity index is 1.96. The minimum Gasteiger partial charge on any atom is -0.462 e. The Morgan fingerprint density at radius 2 is 1.41 bits per heavy atom. The largest absolute Gasteiger partial charge is 0.462 e. The molecule has 1 aromatic carbocycles. The molecular weight excluding hydrogens is 386 g/mol. The highest BCUT2D eigenvalue weighted by atomic mass is 35.5. The van der Waals surface area contributed by atoms with Crippen LogP contribution in [0.4, 0.5) is 5.69 Å². The lowest BCUT2D eigenvalue weighted by molar-refractivity contribution is -0.105. The highest BCUT2D eigenvalue weighted by molar-refractivity contribution is 6.33. The fourth-order valence-electron chi connectivity index (χ4n) is 3.37. The van der Waals surface area contributed by atoms with Crippen LogP contribution in [0.2, 0.25) is 5.02 Å². The third kappa shape index (κ3) is 12.6. The maximum Gasteiger partial charge on any atom is 0.338 e. The van der Waals surface area contributed by atoms with E-state index in [-0.39, 0.29) is 5.97 Å². The summed E-state index contributed by atoms with van der Waals surface area (Å²) in [4.78, 5) is 22.6. The summed E-state index contributed by atoms with van der Waals surface area (Å²) < 4.78 is 5.31. The van der Waals surface area contributed by atoms with E-state index in [1.165, 1.54) is 83.1 Å². The highest BCUT2D eigenvalue weighted by Gasteiger charge is 2.10. The van der Waals surface area contributed by atoms with E-state index in [2.05, 4.69) is 12.2 Å². The zero-order chi connectivity index (χ0) is 21.2. The van der Waals surface area contributed by atoms with Crippen molar-refractivity contribution in [1.82, 2.24) is 0 Å². The van der Waals surface area contributed by atoms with Crippen molar-refractivity contribution >= 4 is 29.7 Å². The van der Waals surface area contributed by atoms with Crippen molar-refractivity contribution in [3.05, 3.63) is 28.8 Å². The number of halogens is 1. The van der Waals surface area contributed by atoms with Crippen LogP contribution in [-0.4, -0.2) is 19.0 Å². The normalized spacial score (nSPS) is 10.7. The molecule has 0 saturated carbocycles. The van der Waals surface area contributed by atoms with E-state index in [1.807, 2.05) is 0 Å². The number of hydrogen-bond acceptors (Lipinski definition) is 3. The molecule has 0 aliphatic rings. The topological polar surface area (TPSA) is 55.4 Å². The molecule has 0 saturated heterocycles. The molecule has 0 atom stereocenters. The molecule has 0 fully saturated rings. The molecule has 0 aromatic heterocycles. The first kappa shape index (κ1) is 25.5. The first-order valence-corrected chi connectivity index (χ1v) is 11.7. The Labute approximate surface area is 181 Å². The van der Waals surface area contributed by atoms with E-state index in [9.17, 15) is 9.59 Å². The molecular formula is C24H38ClNO3. The van der Waals surface area contributed by atoms with Crippen LogP contribution >= 0.6 is 11.6 Å². The molecule has 5 heteroatoms. The molecule has 0 aliphatic heterocycles. The van der Waals surface area contributed by atoms with Crippen molar-refractivity contribution < 1.29 is 14.3 Å². The molecule has 0 spiro atoms. The van der Waals surface area contributed by atoms with Gasteiger partial charge in [-0.05, 0) is 24.6 Å². The third-order valence-corrected chi connectivity index (χ3v) is 5.48. The van der Waals surface area contributed by atoms with Crippen LogP contribution in [0.1, 0.15) is 107 Å². The second-order valence-electron chi connectivity index (χ2n) is 7.69. The summed E-state index contributed by atoms with van der Waals surface area (Å²) >= 11 is 5.95. The number of unbranched alkanes of at least 4 members (excludes halogenated alkanes) is 13. The lowest BCUT2D eigenvalue weighted by Crippen LogP contribution is -2.07. The van der Waals surface area contributed by atoms with Gasteiger partial charge in [-0.2, -0.15) is 0 Å². The second-order valence-corrected chi connectivity index (χ2v) is 8.10. The Bertz CT molecular complexity index is 577. The maximum atomic E-state index is 12.1. The van der Waals surface area contributed by atoms with E-state index in [0.717, 1.165) is 12.8 Å². The molecule has 29 heavy (non-hydrogen) atoms. The fourth-order valence-corrected chi connectivity index (χ4v) is 3.54. The summed E-state index contributed by atoms with van der Waals surface area (Å²) in [6, 6.07) is 4.71. The van der Waals surface area contributed by atoms with Crippen LogP contribution in [0, 0.1) is 0 Å². The van der Waals surface area contributed by atoms with Gasteiger partial charge in [-0.3, -0.25) is 4.79 Å². The number of esters is 1. The molecule has 0 heterocycles. The minimum atomic E-state index is -0.384. The van der Waals surface area contributed by atoms with Gasteiger partial charge in [0.25, 0.3) is 0 Å². The van der Waals surface area contributed by atoms with Gasteiger partial charge in [0.2, 0.25) is 6.41 Å². The van der Waals surface area contributed by atoms with Gasteiger partial charge < -0.3 is 10.1 Å². The average Bonchev–Trinajstić information content (AvgIpc) is 2.72. The van der Waals surface area contributed by atoms with Gasteiger partial charge in [0.1, 0.15) is 0 Å². The van der Waals surface area contributed by atoms with Crippen LogP contribution in [0.5, 0.6) is 0 Å². The van der Waals surface area contributed by atoms with E-state index in [0.29, 0.717) is 29.3 Å². The molecule has 0 bridgehead atoms. The minimum absolute atomic E-state index is 0.384. The van der Waals surface area contributed by atoms with E-state index < -0.39 is 0 Å². The van der Waals surface area contributed by atoms with Gasteiger partial charge in [-0.1, -0.05) is 102 Å². The fraction of sp³-hybridized carbons (Fsp3) is 0.667. The first-order chi connectivity index (χ1) is 14.2. The number of amides is 1. The number of carbonyl (C=O) groups is 2. The van der Waals surface area contributed by atoms with Crippen LogP contribution in [0.3, 0.4) is 0 Å². The number of nitrogens with one attached hydrogen (secondary N) is 1. The summed E-state index contributed by atoms with van der Waals surface area (Å²) in [5, 5.41) is 2.86. The summed E-state index contributed by atoms with van der Waals surface area (Å²) in [7, 11) is 0. The van der Waals surface area contributed by atoms with Crippen molar-refractivity contribution in [1.29, 1.82) is 0 Å². The lowest BCUT2D eigenvalue weighted by Gasteiger charge is -2.07. The molecule has 1 aromatic rings. The first-order valence-electron chi connectivity index (χ1n) is 11.4. The smallest absolute Gasteiger partial charge is 0.338 e. The quantitative estimate of drug-likeness (QED) is 0.150. The monoisotopic (exact) mass is 423 g/mol. The number of anilines is 1. The maximum absolute atomic E-state index is 12.1. The van der Waals surface area contributed by atoms with Gasteiger partial charge in [-0.15, -0.1) is 0 Å². The third-order valence-electron chi connectivity index (χ3n) is 5.15. The second kappa shape index (κ2) is 17.3. The lowest BCUT2D eigenvalue weighted by atomic mass is 10.0. The number of hydrogen-bond donors (Lipinski definition) is 1. The Hall–Kier alpha value is -1.55. The molecule has 0 unspecified atom stereocenters. The molecule has 0 aliphatic carbocycles. The predicted octanol–water partition coefficient (Wildman–Crippen LogP) is 7.55. The Morgan fingerprint density at radius 3 is 1.93 bits per heavy atom. The van der Waals surface area contributed by atoms with Gasteiger partial charge >= 0.3 is 5.97 Å². The van der Waals surface area contributed by atoms with E-state index in [4.69, 9.17) is 16.3 Å². The van der Waals surface area contributed by atoms with E-state index in [1.54, 1.807) is 12.1 Å². The highest BCUT2D eigenvalue weighted by Crippen LogP contribution is 2.23. The van der Waals surface area contributed by atoms with Gasteiger partial charge in [0.05, 0.1) is 22.9 Å². The molecule has 1 rings (SSSR count). The summed E-state index contributed by atoms with van der Waals surface area (Å²) in [5.41, 5.74) is 0.803. The number of rotatable bonds is 18. The van der Waals surface area contributed by atoms with Gasteiger partial charge in [0, 0.05) is 0 Å². The summed E-state index contributed by atoms with van der Waals surface area (Å²) in [5.74, 6) is -0.384. The zero-order valence-corrected chi connectivity index (χ0v) is 18.8. The molecule has 1 N–H and O–H groups in total. The van der Waals surface area contributed by atoms with E-state index >= 15 is 0 Å². The van der Waals surface area contributed by atoms with Crippen molar-refractivity contribution in [3.63, 3.8) is 0 Å². The Kier molecular flexibility index (Phi) is 15.2. The van der Waals surface area contributed by atoms with Gasteiger partial charge in [-0.25, -0.2) is 4.79 Å². The van der Waals surface area contributed by atoms with Crippen molar-refractivity contribution in [2.45, 2.75) is 96.8 Å². The summed E-state index contributed by atoms with van der Waals surface area (Å²) in [6.07, 6.45) is 18.7. The van der Waals surface area contributed by atoms with Crippen LogP contribution in [0.15, 0.2) is 18.2 Å². The number of carbonyl (C=O) groups excluding carboxylic acids is 2. The van der Waals surface area contributed by atoms with Crippen molar-refractivity contribution in [3.8, 4) is 0 Å². The summed E-state index contributed by atoms with van der Waals surface area (Å²) in [6.45, 7) is 2.69. The van der Waals surface area contributed by atoms with Crippen LogP contribution in [0.25, 0.3) is 0 Å². The van der Waals surface area contributed by atoms with Crippen LogP contribution < -0.4 is 5.32 Å². The number of benzene rings is 1. The average molecular weight is 424 g/mol. The van der Waals surface area contributed by atoms with Crippen molar-refractivity contribution in [2.75, 3.05) is 11.9 Å². The molecule has 4 nitrogen and oxygen atoms in total. The molecule has 0 radical (unpaired) electrons. The predicted molar refractivity (Wildman–Crippen MR) is 122 cm³/mol. The standard InChI is InChI=1S/C24H38ClNO3/c1-2-3-4-5-6-7-8-9-10-11-12-13-14-15-18-29-24(28)21-16-17-22(25)23(19-21)26-20-27/h16-17,19-20H,2-15,18H2,1H3,(H,26,27). The zero-order valence-electron chi connectivity index (χ0n) is 18.0. The Morgan fingerprint density at radius 1 is 0.897 bits per heavy atom. The number of ether oxygens (including phenoxy) is 1. The molecule has 1 amide bonds. The SMILES string of the molecule is CCCCCCCCCCCCCCCCOC(=O)c1ccc(Cl)c(NC=O)c1. The van der Waals surface area contributed by atoms with Gasteiger partial charge in [0.15, 0.2) is 0 Å². The van der Waals surface area contributed by atoms with Crippen molar-refractivity contribution in [2.24, 2.45) is 0 Å². The molecule has 164 valence electrons.